The van der Waals surface area contributed by atoms with Crippen LogP contribution in [-0.4, -0.2) is 30.6 Å². The summed E-state index contributed by atoms with van der Waals surface area (Å²) in [6.45, 7) is 3.63. The topological polar surface area (TPSA) is 97.4 Å². The lowest BCUT2D eigenvalue weighted by Gasteiger charge is -2.23. The van der Waals surface area contributed by atoms with Gasteiger partial charge in [0, 0.05) is 24.4 Å². The van der Waals surface area contributed by atoms with E-state index in [4.69, 9.17) is 4.74 Å². The van der Waals surface area contributed by atoms with Gasteiger partial charge in [-0.2, -0.15) is 10.2 Å². The van der Waals surface area contributed by atoms with Crippen LogP contribution in [-0.2, 0) is 4.74 Å². The molecule has 158 valence electrons. The first kappa shape index (κ1) is 21.6. The van der Waals surface area contributed by atoms with Crippen molar-refractivity contribution in [2.45, 2.75) is 6.92 Å². The second-order valence-electron chi connectivity index (χ2n) is 6.57. The summed E-state index contributed by atoms with van der Waals surface area (Å²) in [5, 5.41) is 19.0. The van der Waals surface area contributed by atoms with Crippen LogP contribution < -0.4 is 4.90 Å². The van der Waals surface area contributed by atoms with Gasteiger partial charge in [-0.05, 0) is 55.5 Å². The van der Waals surface area contributed by atoms with Crippen LogP contribution in [0.5, 0.6) is 0 Å². The summed E-state index contributed by atoms with van der Waals surface area (Å²) in [6, 6.07) is 22.3. The third-order valence-electron chi connectivity index (χ3n) is 4.54. The van der Waals surface area contributed by atoms with E-state index in [1.54, 1.807) is 36.4 Å². The normalized spacial score (nSPS) is 10.7. The second-order valence-corrected chi connectivity index (χ2v) is 6.57. The zero-order valence-electron chi connectivity index (χ0n) is 17.0. The van der Waals surface area contributed by atoms with Crippen LogP contribution in [0.1, 0.15) is 17.3 Å². The fraction of sp³-hybridized carbons (Fsp3) is 0.174. The van der Waals surface area contributed by atoms with E-state index in [0.717, 1.165) is 12.2 Å². The molecule has 3 aromatic carbocycles. The molecule has 0 aromatic heterocycles. The summed E-state index contributed by atoms with van der Waals surface area (Å²) >= 11 is 0. The molecule has 0 bridgehead atoms. The minimum absolute atomic E-state index is 0.0115. The molecule has 0 atom stereocenters. The fourth-order valence-corrected chi connectivity index (χ4v) is 2.86. The number of rotatable bonds is 9. The van der Waals surface area contributed by atoms with Crippen molar-refractivity contribution in [1.82, 2.24) is 0 Å². The molecule has 0 saturated heterocycles. The maximum atomic E-state index is 12.0. The van der Waals surface area contributed by atoms with Gasteiger partial charge < -0.3 is 9.64 Å². The standard InChI is InChI=1S/C23H22N4O4/c1-2-26(16-17-31-23(28)18-6-4-3-5-7-18)21-12-8-19(9-13-21)24-25-20-10-14-22(15-11-20)27(29)30/h3-15H,2,16-17H2,1H3. The summed E-state index contributed by atoms with van der Waals surface area (Å²) in [4.78, 5) is 24.4. The first-order valence-corrected chi connectivity index (χ1v) is 9.80. The first-order chi connectivity index (χ1) is 15.1. The van der Waals surface area contributed by atoms with Crippen LogP contribution in [0, 0.1) is 10.1 Å². The highest BCUT2D eigenvalue weighted by Crippen LogP contribution is 2.23. The molecule has 0 N–H and O–H groups in total. The summed E-state index contributed by atoms with van der Waals surface area (Å²) in [7, 11) is 0. The van der Waals surface area contributed by atoms with Crippen molar-refractivity contribution in [1.29, 1.82) is 0 Å². The van der Waals surface area contributed by atoms with E-state index in [9.17, 15) is 14.9 Å². The Balaban J connectivity index is 1.54. The number of nitro benzene ring substituents is 1. The summed E-state index contributed by atoms with van der Waals surface area (Å²) in [5.74, 6) is -0.335. The average molecular weight is 418 g/mol. The van der Waals surface area contributed by atoms with E-state index in [-0.39, 0.29) is 18.3 Å². The largest absolute Gasteiger partial charge is 0.460 e. The Morgan fingerprint density at radius 1 is 0.935 bits per heavy atom. The first-order valence-electron chi connectivity index (χ1n) is 9.80. The Morgan fingerprint density at radius 2 is 1.52 bits per heavy atom. The van der Waals surface area contributed by atoms with Crippen molar-refractivity contribution in [3.8, 4) is 0 Å². The number of hydrogen-bond acceptors (Lipinski definition) is 7. The molecule has 0 amide bonds. The van der Waals surface area contributed by atoms with Crippen LogP contribution in [0.15, 0.2) is 89.1 Å². The van der Waals surface area contributed by atoms with Crippen LogP contribution in [0.25, 0.3) is 0 Å². The number of nitrogens with zero attached hydrogens (tertiary/aromatic N) is 4. The molecule has 0 aliphatic heterocycles. The van der Waals surface area contributed by atoms with Gasteiger partial charge in [-0.25, -0.2) is 4.79 Å². The molecule has 0 saturated carbocycles. The predicted molar refractivity (Wildman–Crippen MR) is 118 cm³/mol. The van der Waals surface area contributed by atoms with Gasteiger partial charge in [0.05, 0.1) is 28.4 Å². The molecule has 0 aliphatic rings. The number of non-ortho nitro benzene ring substituents is 1. The Hall–Kier alpha value is -4.07. The minimum Gasteiger partial charge on any atom is -0.460 e. The van der Waals surface area contributed by atoms with E-state index in [0.29, 0.717) is 23.5 Å². The number of nitro groups is 1. The van der Waals surface area contributed by atoms with Gasteiger partial charge in [0.25, 0.3) is 5.69 Å². The number of carbonyl (C=O) groups excluding carboxylic acids is 1. The number of esters is 1. The van der Waals surface area contributed by atoms with Gasteiger partial charge in [-0.15, -0.1) is 0 Å². The molecule has 0 unspecified atom stereocenters. The van der Waals surface area contributed by atoms with Crippen molar-refractivity contribution < 1.29 is 14.5 Å². The Labute approximate surface area is 180 Å². The highest BCUT2D eigenvalue weighted by atomic mass is 16.6. The van der Waals surface area contributed by atoms with Gasteiger partial charge in [-0.3, -0.25) is 10.1 Å². The Bertz CT molecular complexity index is 1040. The van der Waals surface area contributed by atoms with Gasteiger partial charge >= 0.3 is 5.97 Å². The van der Waals surface area contributed by atoms with Crippen molar-refractivity contribution in [2.75, 3.05) is 24.6 Å². The summed E-state index contributed by atoms with van der Waals surface area (Å²) < 4.78 is 5.36. The third-order valence-corrected chi connectivity index (χ3v) is 4.54. The number of azo groups is 1. The van der Waals surface area contributed by atoms with Crippen LogP contribution in [0.2, 0.25) is 0 Å². The highest BCUT2D eigenvalue weighted by Gasteiger charge is 2.09. The monoisotopic (exact) mass is 418 g/mol. The van der Waals surface area contributed by atoms with Crippen LogP contribution in [0.4, 0.5) is 22.7 Å². The maximum absolute atomic E-state index is 12.0. The number of hydrogen-bond donors (Lipinski definition) is 0. The molecule has 0 heterocycles. The number of ether oxygens (including phenoxy) is 1. The quantitative estimate of drug-likeness (QED) is 0.192. The maximum Gasteiger partial charge on any atom is 0.338 e. The van der Waals surface area contributed by atoms with E-state index < -0.39 is 4.92 Å². The van der Waals surface area contributed by atoms with E-state index >= 15 is 0 Å². The molecule has 31 heavy (non-hydrogen) atoms. The lowest BCUT2D eigenvalue weighted by atomic mass is 10.2. The molecule has 3 aromatic rings. The zero-order chi connectivity index (χ0) is 22.1. The Morgan fingerprint density at radius 3 is 2.06 bits per heavy atom. The minimum atomic E-state index is -0.457. The van der Waals surface area contributed by atoms with Crippen molar-refractivity contribution in [2.24, 2.45) is 10.2 Å². The van der Waals surface area contributed by atoms with Crippen molar-refractivity contribution in [3.63, 3.8) is 0 Å². The highest BCUT2D eigenvalue weighted by molar-refractivity contribution is 5.89. The molecule has 8 heteroatoms. The smallest absolute Gasteiger partial charge is 0.338 e. The fourth-order valence-electron chi connectivity index (χ4n) is 2.86. The number of anilines is 1. The molecule has 3 rings (SSSR count). The van der Waals surface area contributed by atoms with Gasteiger partial charge in [-0.1, -0.05) is 18.2 Å². The van der Waals surface area contributed by atoms with Gasteiger partial charge in [0.2, 0.25) is 0 Å². The Kier molecular flexibility index (Phi) is 7.42. The molecule has 8 nitrogen and oxygen atoms in total. The van der Waals surface area contributed by atoms with Crippen molar-refractivity contribution >= 4 is 28.7 Å². The summed E-state index contributed by atoms with van der Waals surface area (Å²) in [5.41, 5.74) is 2.72. The number of benzene rings is 3. The molecular weight excluding hydrogens is 396 g/mol. The van der Waals surface area contributed by atoms with Gasteiger partial charge in [0.15, 0.2) is 0 Å². The van der Waals surface area contributed by atoms with Crippen molar-refractivity contribution in [3.05, 3.63) is 94.5 Å². The summed E-state index contributed by atoms with van der Waals surface area (Å²) in [6.07, 6.45) is 0. The van der Waals surface area contributed by atoms with E-state index in [2.05, 4.69) is 15.1 Å². The van der Waals surface area contributed by atoms with E-state index in [1.807, 2.05) is 37.3 Å². The van der Waals surface area contributed by atoms with Crippen LogP contribution in [0.3, 0.4) is 0 Å². The third kappa shape index (κ3) is 6.20. The SMILES string of the molecule is CCN(CCOC(=O)c1ccccc1)c1ccc(N=Nc2ccc([N+](=O)[O-])cc2)cc1. The molecule has 0 spiro atoms. The number of carbonyl (C=O) groups is 1. The average Bonchev–Trinajstić information content (AvgIpc) is 2.81. The second kappa shape index (κ2) is 10.6. The van der Waals surface area contributed by atoms with E-state index in [1.165, 1.54) is 12.1 Å². The lowest BCUT2D eigenvalue weighted by Crippen LogP contribution is -2.27. The zero-order valence-corrected chi connectivity index (χ0v) is 17.0. The molecular formula is C23H22N4O4. The van der Waals surface area contributed by atoms with Crippen LogP contribution >= 0.6 is 0 Å². The lowest BCUT2D eigenvalue weighted by molar-refractivity contribution is -0.384. The molecule has 0 aliphatic carbocycles. The number of likely N-dealkylation sites (N-methyl/N-ethyl adjacent to an activating group) is 1. The predicted octanol–water partition coefficient (Wildman–Crippen LogP) is 5.69. The molecule has 0 radical (unpaired) electrons. The molecule has 0 fully saturated rings. The van der Waals surface area contributed by atoms with Gasteiger partial charge in [0.1, 0.15) is 6.61 Å².